The summed E-state index contributed by atoms with van der Waals surface area (Å²) < 4.78 is 16.4. The number of aromatic amines is 1. The number of hydrogen-bond donors (Lipinski definition) is 1. The van der Waals surface area contributed by atoms with E-state index in [1.165, 1.54) is 6.39 Å². The molecule has 0 saturated carbocycles. The van der Waals surface area contributed by atoms with Gasteiger partial charge in [-0.15, -0.1) is 0 Å². The summed E-state index contributed by atoms with van der Waals surface area (Å²) in [6.07, 6.45) is 5.27. The fraction of sp³-hybridized carbons (Fsp3) is 0.412. The molecule has 126 valence electrons. The molecule has 7 nitrogen and oxygen atoms in total. The Morgan fingerprint density at radius 3 is 2.92 bits per heavy atom. The van der Waals surface area contributed by atoms with Gasteiger partial charge < -0.3 is 23.8 Å². The molecule has 4 rings (SSSR count). The van der Waals surface area contributed by atoms with Crippen LogP contribution in [0.3, 0.4) is 0 Å². The van der Waals surface area contributed by atoms with Crippen molar-refractivity contribution in [2.45, 2.75) is 12.5 Å². The van der Waals surface area contributed by atoms with E-state index < -0.39 is 0 Å². The topological polar surface area (TPSA) is 80.6 Å². The summed E-state index contributed by atoms with van der Waals surface area (Å²) in [7, 11) is 1.66. The van der Waals surface area contributed by atoms with Crippen LogP contribution in [0, 0.1) is 0 Å². The second-order valence-electron chi connectivity index (χ2n) is 5.90. The van der Waals surface area contributed by atoms with E-state index in [1.54, 1.807) is 19.4 Å². The Bertz CT molecular complexity index is 804. The maximum Gasteiger partial charge on any atom is 0.191 e. The molecule has 1 fully saturated rings. The lowest BCUT2D eigenvalue weighted by atomic mass is 9.92. The van der Waals surface area contributed by atoms with E-state index in [4.69, 9.17) is 13.9 Å². The van der Waals surface area contributed by atoms with Crippen LogP contribution in [0.4, 0.5) is 5.82 Å². The fourth-order valence-corrected chi connectivity index (χ4v) is 3.24. The Morgan fingerprint density at radius 2 is 2.21 bits per heavy atom. The average molecular weight is 329 g/mol. The highest BCUT2D eigenvalue weighted by atomic mass is 16.5. The number of nitrogens with one attached hydrogen (secondary N) is 1. The van der Waals surface area contributed by atoms with Crippen LogP contribution in [0.1, 0.15) is 17.0 Å². The number of morpholine rings is 1. The van der Waals surface area contributed by atoms with E-state index in [9.17, 15) is 4.79 Å². The molecule has 1 saturated heterocycles. The summed E-state index contributed by atoms with van der Waals surface area (Å²) in [6, 6.07) is 1.66. The predicted molar refractivity (Wildman–Crippen MR) is 89.0 cm³/mol. The molecule has 0 spiro atoms. The van der Waals surface area contributed by atoms with Gasteiger partial charge in [0.25, 0.3) is 0 Å². The summed E-state index contributed by atoms with van der Waals surface area (Å²) in [5.74, 6) is 1.47. The van der Waals surface area contributed by atoms with Crippen molar-refractivity contribution in [3.63, 3.8) is 0 Å². The molecule has 0 radical (unpaired) electrons. The quantitative estimate of drug-likeness (QED) is 0.914. The number of rotatable bonds is 3. The molecule has 1 N–H and O–H groups in total. The van der Waals surface area contributed by atoms with Crippen LogP contribution in [0.2, 0.25) is 0 Å². The monoisotopic (exact) mass is 329 g/mol. The molecule has 1 unspecified atom stereocenters. The summed E-state index contributed by atoms with van der Waals surface area (Å²) >= 11 is 0. The normalized spacial score (nSPS) is 20.6. The van der Waals surface area contributed by atoms with Crippen molar-refractivity contribution in [3.8, 4) is 0 Å². The van der Waals surface area contributed by atoms with Crippen LogP contribution in [0.15, 0.2) is 27.9 Å². The van der Waals surface area contributed by atoms with Crippen molar-refractivity contribution in [2.24, 2.45) is 0 Å². The van der Waals surface area contributed by atoms with Gasteiger partial charge in [-0.05, 0) is 6.08 Å². The van der Waals surface area contributed by atoms with E-state index >= 15 is 0 Å². The van der Waals surface area contributed by atoms with E-state index in [-0.39, 0.29) is 11.5 Å². The Labute approximate surface area is 138 Å². The lowest BCUT2D eigenvalue weighted by molar-refractivity contribution is 0.122. The molecular formula is C17H19N3O4. The molecule has 3 heterocycles. The van der Waals surface area contributed by atoms with Crippen molar-refractivity contribution >= 4 is 17.5 Å². The van der Waals surface area contributed by atoms with Crippen molar-refractivity contribution < 1.29 is 13.9 Å². The number of nitrogens with zero attached hydrogens (tertiary/aromatic N) is 2. The van der Waals surface area contributed by atoms with Crippen LogP contribution < -0.4 is 10.3 Å². The van der Waals surface area contributed by atoms with Crippen molar-refractivity contribution in [1.29, 1.82) is 0 Å². The molecule has 0 bridgehead atoms. The predicted octanol–water partition coefficient (Wildman–Crippen LogP) is 1.31. The van der Waals surface area contributed by atoms with Gasteiger partial charge in [0.15, 0.2) is 17.6 Å². The zero-order valence-electron chi connectivity index (χ0n) is 13.4. The zero-order valence-corrected chi connectivity index (χ0v) is 13.4. The van der Waals surface area contributed by atoms with Crippen LogP contribution in [0.5, 0.6) is 0 Å². The first-order chi connectivity index (χ1) is 11.8. The molecule has 7 heteroatoms. The second-order valence-corrected chi connectivity index (χ2v) is 5.90. The van der Waals surface area contributed by atoms with Gasteiger partial charge in [-0.3, -0.25) is 4.79 Å². The lowest BCUT2D eigenvalue weighted by Crippen LogP contribution is -2.38. The van der Waals surface area contributed by atoms with Crippen LogP contribution in [-0.2, 0) is 15.9 Å². The highest BCUT2D eigenvalue weighted by Gasteiger charge is 2.27. The number of H-pyrrole nitrogens is 1. The number of hydrogen-bond acceptors (Lipinski definition) is 6. The first-order valence-corrected chi connectivity index (χ1v) is 7.98. The van der Waals surface area contributed by atoms with Crippen LogP contribution in [0.25, 0.3) is 11.6 Å². The van der Waals surface area contributed by atoms with E-state index in [0.29, 0.717) is 31.0 Å². The summed E-state index contributed by atoms with van der Waals surface area (Å²) in [6.45, 7) is 2.91. The Morgan fingerprint density at radius 1 is 1.38 bits per heavy atom. The smallest absolute Gasteiger partial charge is 0.191 e. The minimum absolute atomic E-state index is 0.00295. The molecule has 1 atom stereocenters. The number of methoxy groups -OCH3 is 1. The van der Waals surface area contributed by atoms with Gasteiger partial charge in [-0.25, -0.2) is 4.98 Å². The van der Waals surface area contributed by atoms with Gasteiger partial charge in [0.2, 0.25) is 0 Å². The standard InChI is InChI=1S/C17H19N3O4/c1-22-15-7-13-11(6-12(15)16-9-18-10-24-16)14(21)8-17(19-13)20-2-4-23-5-3-20/h6,8-10,15H,2-5,7H2,1H3,(H,19,21). The number of aromatic nitrogens is 2. The molecule has 2 aromatic rings. The summed E-state index contributed by atoms with van der Waals surface area (Å²) in [5.41, 5.74) is 2.38. The van der Waals surface area contributed by atoms with Crippen molar-refractivity contribution in [1.82, 2.24) is 9.97 Å². The molecule has 0 aromatic carbocycles. The first kappa shape index (κ1) is 15.2. The third-order valence-electron chi connectivity index (χ3n) is 4.53. The van der Waals surface area contributed by atoms with Gasteiger partial charge >= 0.3 is 0 Å². The van der Waals surface area contributed by atoms with E-state index in [2.05, 4.69) is 14.9 Å². The summed E-state index contributed by atoms with van der Waals surface area (Å²) in [4.78, 5) is 22.1. The maximum absolute atomic E-state index is 12.6. The van der Waals surface area contributed by atoms with Gasteiger partial charge in [0.1, 0.15) is 5.82 Å². The molecule has 2 aliphatic rings. The Kier molecular flexibility index (Phi) is 3.95. The van der Waals surface area contributed by atoms with Gasteiger partial charge in [-0.1, -0.05) is 0 Å². The molecule has 1 aliphatic carbocycles. The highest BCUT2D eigenvalue weighted by molar-refractivity contribution is 5.84. The van der Waals surface area contributed by atoms with Crippen molar-refractivity contribution in [3.05, 3.63) is 45.9 Å². The second kappa shape index (κ2) is 6.26. The fourth-order valence-electron chi connectivity index (χ4n) is 3.24. The van der Waals surface area contributed by atoms with Gasteiger partial charge in [0, 0.05) is 49.5 Å². The third kappa shape index (κ3) is 2.65. The van der Waals surface area contributed by atoms with E-state index in [0.717, 1.165) is 30.2 Å². The van der Waals surface area contributed by atoms with Gasteiger partial charge in [0.05, 0.1) is 25.5 Å². The lowest BCUT2D eigenvalue weighted by Gasteiger charge is -2.30. The third-order valence-corrected chi connectivity index (χ3v) is 4.53. The zero-order chi connectivity index (χ0) is 16.5. The minimum Gasteiger partial charge on any atom is -0.444 e. The van der Waals surface area contributed by atoms with Gasteiger partial charge in [-0.2, -0.15) is 0 Å². The molecule has 24 heavy (non-hydrogen) atoms. The number of pyridine rings is 1. The van der Waals surface area contributed by atoms with Crippen LogP contribution >= 0.6 is 0 Å². The Balaban J connectivity index is 1.75. The molecular weight excluding hydrogens is 310 g/mol. The molecule has 0 amide bonds. The summed E-state index contributed by atoms with van der Waals surface area (Å²) in [5, 5.41) is 0. The Hall–Kier alpha value is -2.38. The van der Waals surface area contributed by atoms with Crippen molar-refractivity contribution in [2.75, 3.05) is 38.3 Å². The van der Waals surface area contributed by atoms with Crippen LogP contribution in [-0.4, -0.2) is 49.5 Å². The molecule has 1 aliphatic heterocycles. The number of ether oxygens (including phenoxy) is 2. The first-order valence-electron chi connectivity index (χ1n) is 7.98. The largest absolute Gasteiger partial charge is 0.444 e. The average Bonchev–Trinajstić information content (AvgIpc) is 3.16. The highest BCUT2D eigenvalue weighted by Crippen LogP contribution is 2.31. The maximum atomic E-state index is 12.6. The number of oxazole rings is 1. The van der Waals surface area contributed by atoms with E-state index in [1.807, 2.05) is 6.08 Å². The number of anilines is 1. The SMILES string of the molecule is COC1Cc2[nH]c(N3CCOCC3)cc(=O)c2C=C1c1cnco1. The number of fused-ring (bicyclic) bond motifs is 1. The molecule has 2 aromatic heterocycles. The minimum atomic E-state index is -0.180.